The van der Waals surface area contributed by atoms with Crippen molar-refractivity contribution in [2.75, 3.05) is 12.3 Å². The van der Waals surface area contributed by atoms with Gasteiger partial charge in [-0.05, 0) is 24.3 Å². The zero-order valence-electron chi connectivity index (χ0n) is 16.2. The molecule has 0 radical (unpaired) electrons. The summed E-state index contributed by atoms with van der Waals surface area (Å²) in [5, 5.41) is 28.4. The molecule has 0 saturated carbocycles. The number of nitrogens with one attached hydrogen (secondary N) is 2. The van der Waals surface area contributed by atoms with E-state index in [1.165, 1.54) is 28.2 Å². The molecule has 0 aliphatic carbocycles. The van der Waals surface area contributed by atoms with Crippen LogP contribution in [0.5, 0.6) is 0 Å². The molecule has 0 bridgehead atoms. The van der Waals surface area contributed by atoms with Crippen molar-refractivity contribution in [3.05, 3.63) is 0 Å². The Hall–Kier alpha value is -1.51. The van der Waals surface area contributed by atoms with Gasteiger partial charge in [0.1, 0.15) is 5.41 Å². The number of thiocarbonyl (C=S) groups is 2. The SMILES string of the molecule is CC(=S)NC1(NC(C)=S)S[C@@H]2C(C)C(=O)N2CC1(CSc1nnnn1C)C(=O)O. The average Bonchev–Trinajstić information content (AvgIpc) is 3.03. The zero-order chi connectivity index (χ0) is 21.6. The monoisotopic (exact) mass is 475 g/mol. The summed E-state index contributed by atoms with van der Waals surface area (Å²) in [5.41, 5.74) is -1.47. The third kappa shape index (κ3) is 3.70. The summed E-state index contributed by atoms with van der Waals surface area (Å²) in [6.45, 7) is 5.22. The molecule has 29 heavy (non-hydrogen) atoms. The number of carbonyl (C=O) groups excluding carboxylic acids is 1. The van der Waals surface area contributed by atoms with Crippen LogP contribution in [0.25, 0.3) is 0 Å². The number of rotatable bonds is 6. The molecule has 3 rings (SSSR count). The molecule has 0 spiro atoms. The molecule has 3 heterocycles. The predicted molar refractivity (Wildman–Crippen MR) is 117 cm³/mol. The summed E-state index contributed by atoms with van der Waals surface area (Å²) < 4.78 is 1.47. The van der Waals surface area contributed by atoms with Crippen LogP contribution in [-0.4, -0.2) is 74.7 Å². The first kappa shape index (κ1) is 22.2. The molecule has 2 aliphatic rings. The first-order valence-corrected chi connectivity index (χ1v) is 11.4. The van der Waals surface area contributed by atoms with Crippen LogP contribution in [0.15, 0.2) is 5.16 Å². The van der Waals surface area contributed by atoms with Crippen LogP contribution in [0.3, 0.4) is 0 Å². The largest absolute Gasteiger partial charge is 0.481 e. The zero-order valence-corrected chi connectivity index (χ0v) is 19.5. The lowest BCUT2D eigenvalue weighted by molar-refractivity contribution is -0.163. The number of thioether (sulfide) groups is 2. The second-order valence-electron chi connectivity index (χ2n) is 7.07. The predicted octanol–water partition coefficient (Wildman–Crippen LogP) is 0.452. The Bertz CT molecular complexity index is 862. The Morgan fingerprint density at radius 1 is 1.38 bits per heavy atom. The van der Waals surface area contributed by atoms with Crippen molar-refractivity contribution in [2.24, 2.45) is 18.4 Å². The maximum atomic E-state index is 12.8. The van der Waals surface area contributed by atoms with E-state index in [4.69, 9.17) is 24.4 Å². The highest BCUT2D eigenvalue weighted by Gasteiger charge is 2.68. The van der Waals surface area contributed by atoms with Crippen molar-refractivity contribution in [3.63, 3.8) is 0 Å². The fourth-order valence-electron chi connectivity index (χ4n) is 3.51. The van der Waals surface area contributed by atoms with Gasteiger partial charge in [-0.25, -0.2) is 4.68 Å². The maximum Gasteiger partial charge on any atom is 0.317 e. The Morgan fingerprint density at radius 2 is 2.00 bits per heavy atom. The van der Waals surface area contributed by atoms with E-state index in [9.17, 15) is 14.7 Å². The minimum atomic E-state index is -1.47. The molecule has 2 unspecified atom stereocenters. The van der Waals surface area contributed by atoms with Crippen molar-refractivity contribution in [2.45, 2.75) is 36.3 Å². The van der Waals surface area contributed by atoms with Gasteiger partial charge in [-0.15, -0.1) is 5.10 Å². The molecular weight excluding hydrogens is 454 g/mol. The molecule has 1 aromatic rings. The van der Waals surface area contributed by atoms with Gasteiger partial charge in [0, 0.05) is 19.3 Å². The number of aliphatic carboxylic acids is 1. The van der Waals surface area contributed by atoms with Crippen molar-refractivity contribution in [1.29, 1.82) is 0 Å². The van der Waals surface area contributed by atoms with E-state index in [-0.39, 0.29) is 29.5 Å². The van der Waals surface area contributed by atoms with Gasteiger partial charge in [-0.1, -0.05) is 54.9 Å². The summed E-state index contributed by atoms with van der Waals surface area (Å²) in [5.74, 6) is -1.28. The second-order valence-corrected chi connectivity index (χ2v) is 10.6. The molecule has 3 atom stereocenters. The normalized spacial score (nSPS) is 27.6. The van der Waals surface area contributed by atoms with Crippen LogP contribution in [-0.2, 0) is 16.6 Å². The van der Waals surface area contributed by atoms with Gasteiger partial charge < -0.3 is 20.6 Å². The standard InChI is InChI=1S/C15H21N7O3S4/c1-7-10(23)22-5-14(12(24)25,6-28-13-18-19-20-21(13)4)15(16-8(2)26,17-9(3)27)29-11(7)22/h7,11H,5-6H2,1-4H3,(H,16,26)(H,17,27)(H,24,25)/t7?,11-,14?/m1/s1. The van der Waals surface area contributed by atoms with Crippen LogP contribution in [0.2, 0.25) is 0 Å². The molecule has 2 fully saturated rings. The van der Waals surface area contributed by atoms with Crippen LogP contribution in [0.4, 0.5) is 0 Å². The number of hydrogen-bond acceptors (Lipinski definition) is 9. The topological polar surface area (TPSA) is 125 Å². The molecular formula is C15H21N7O3S4. The molecule has 1 aromatic heterocycles. The van der Waals surface area contributed by atoms with E-state index in [1.807, 2.05) is 6.92 Å². The van der Waals surface area contributed by atoms with E-state index in [2.05, 4.69) is 26.2 Å². The number of carboxylic acids is 1. The molecule has 1 amide bonds. The van der Waals surface area contributed by atoms with Crippen LogP contribution >= 0.6 is 48.0 Å². The number of carbonyl (C=O) groups is 2. The number of β-lactam (4-membered cyclic amide) rings is 1. The van der Waals surface area contributed by atoms with Crippen molar-refractivity contribution >= 4 is 69.8 Å². The van der Waals surface area contributed by atoms with Gasteiger partial charge in [-0.3, -0.25) is 9.59 Å². The lowest BCUT2D eigenvalue weighted by Crippen LogP contribution is -2.80. The van der Waals surface area contributed by atoms with Crippen molar-refractivity contribution < 1.29 is 14.7 Å². The summed E-state index contributed by atoms with van der Waals surface area (Å²) in [7, 11) is 1.67. The van der Waals surface area contributed by atoms with Crippen molar-refractivity contribution in [3.8, 4) is 0 Å². The number of amides is 1. The summed E-state index contributed by atoms with van der Waals surface area (Å²) in [6, 6.07) is 0. The first-order chi connectivity index (χ1) is 13.5. The molecule has 10 nitrogen and oxygen atoms in total. The number of nitrogens with zero attached hydrogens (tertiary/aromatic N) is 5. The Balaban J connectivity index is 2.08. The second kappa shape index (κ2) is 7.96. The van der Waals surface area contributed by atoms with Gasteiger partial charge in [0.25, 0.3) is 0 Å². The number of tetrazole rings is 1. The van der Waals surface area contributed by atoms with E-state index in [0.29, 0.717) is 15.1 Å². The summed E-state index contributed by atoms with van der Waals surface area (Å²) in [6.07, 6.45) is 0. The molecule has 2 saturated heterocycles. The smallest absolute Gasteiger partial charge is 0.317 e. The first-order valence-electron chi connectivity index (χ1n) is 8.67. The van der Waals surface area contributed by atoms with E-state index < -0.39 is 16.4 Å². The van der Waals surface area contributed by atoms with Gasteiger partial charge in [0.2, 0.25) is 11.1 Å². The molecule has 158 valence electrons. The number of aryl methyl sites for hydroxylation is 1. The van der Waals surface area contributed by atoms with Crippen LogP contribution in [0, 0.1) is 11.3 Å². The van der Waals surface area contributed by atoms with Crippen molar-refractivity contribution in [1.82, 2.24) is 35.7 Å². The third-order valence-electron chi connectivity index (χ3n) is 4.96. The molecule has 3 N–H and O–H groups in total. The maximum absolute atomic E-state index is 12.8. The fraction of sp³-hybridized carbons (Fsp3) is 0.667. The minimum absolute atomic E-state index is 0.00663. The van der Waals surface area contributed by atoms with Gasteiger partial charge >= 0.3 is 5.97 Å². The lowest BCUT2D eigenvalue weighted by atomic mass is 9.82. The minimum Gasteiger partial charge on any atom is -0.481 e. The van der Waals surface area contributed by atoms with Crippen LogP contribution < -0.4 is 10.6 Å². The highest BCUT2D eigenvalue weighted by molar-refractivity contribution is 8.02. The third-order valence-corrected chi connectivity index (χ3v) is 8.26. The van der Waals surface area contributed by atoms with E-state index in [1.54, 1.807) is 25.8 Å². The van der Waals surface area contributed by atoms with Gasteiger partial charge in [-0.2, -0.15) is 0 Å². The average molecular weight is 476 g/mol. The number of carboxylic acid groups (broad SMARTS) is 1. The summed E-state index contributed by atoms with van der Waals surface area (Å²) >= 11 is 13.1. The molecule has 2 aliphatic heterocycles. The highest BCUT2D eigenvalue weighted by atomic mass is 32.2. The van der Waals surface area contributed by atoms with E-state index in [0.717, 1.165) is 0 Å². The van der Waals surface area contributed by atoms with Gasteiger partial charge in [0.05, 0.1) is 21.3 Å². The Labute approximate surface area is 186 Å². The quantitative estimate of drug-likeness (QED) is 0.229. The Kier molecular flexibility index (Phi) is 6.09. The van der Waals surface area contributed by atoms with Crippen LogP contribution in [0.1, 0.15) is 20.8 Å². The molecule has 0 aromatic carbocycles. The lowest BCUT2D eigenvalue weighted by Gasteiger charge is -2.61. The van der Waals surface area contributed by atoms with Gasteiger partial charge in [0.15, 0.2) is 4.99 Å². The number of hydrogen-bond donors (Lipinski definition) is 3. The fourth-order valence-corrected chi connectivity index (χ4v) is 7.02. The number of fused-ring (bicyclic) bond motifs is 1. The summed E-state index contributed by atoms with van der Waals surface area (Å²) in [4.78, 5) is 26.4. The molecule has 14 heteroatoms. The number of aromatic nitrogens is 4. The van der Waals surface area contributed by atoms with E-state index >= 15 is 0 Å². The highest BCUT2D eigenvalue weighted by Crippen LogP contribution is 2.54. The Morgan fingerprint density at radius 3 is 2.48 bits per heavy atom.